The number of aromatic nitrogens is 4. The van der Waals surface area contributed by atoms with E-state index >= 15 is 0 Å². The molecule has 0 saturated heterocycles. The molecule has 0 radical (unpaired) electrons. The van der Waals surface area contributed by atoms with Gasteiger partial charge in [-0.2, -0.15) is 0 Å². The molecule has 0 amide bonds. The van der Waals surface area contributed by atoms with E-state index in [1.807, 2.05) is 35.4 Å². The fourth-order valence-corrected chi connectivity index (χ4v) is 2.23. The molecule has 0 fully saturated rings. The fraction of sp³-hybridized carbons (Fsp3) is 0.0833. The van der Waals surface area contributed by atoms with Crippen molar-refractivity contribution in [3.05, 3.63) is 53.5 Å². The van der Waals surface area contributed by atoms with Crippen molar-refractivity contribution in [1.29, 1.82) is 0 Å². The Morgan fingerprint density at radius 1 is 1.24 bits per heavy atom. The number of hydrogen-bond acceptors (Lipinski definition) is 4. The van der Waals surface area contributed by atoms with E-state index < -0.39 is 0 Å². The molecule has 0 unspecified atom stereocenters. The number of nitrogens with zero attached hydrogens (tertiary/aromatic N) is 4. The fourth-order valence-electron chi connectivity index (χ4n) is 1.68. The van der Waals surface area contributed by atoms with E-state index in [9.17, 15) is 0 Å². The van der Waals surface area contributed by atoms with Gasteiger partial charge in [-0.1, -0.05) is 0 Å². The molecule has 0 atom stereocenters. The van der Waals surface area contributed by atoms with Gasteiger partial charge in [-0.15, -0.1) is 11.3 Å². The van der Waals surface area contributed by atoms with Gasteiger partial charge in [0.15, 0.2) is 0 Å². The molecule has 5 heteroatoms. The number of imidazole rings is 1. The van der Waals surface area contributed by atoms with Gasteiger partial charge < -0.3 is 4.57 Å². The Kier molecular flexibility index (Phi) is 2.67. The average Bonchev–Trinajstić information content (AvgIpc) is 3.02. The van der Waals surface area contributed by atoms with Gasteiger partial charge in [0.2, 0.25) is 0 Å². The van der Waals surface area contributed by atoms with E-state index in [-0.39, 0.29) is 0 Å². The number of rotatable bonds is 3. The van der Waals surface area contributed by atoms with E-state index in [0.29, 0.717) is 0 Å². The van der Waals surface area contributed by atoms with Gasteiger partial charge in [-0.25, -0.2) is 9.97 Å². The first-order valence-corrected chi connectivity index (χ1v) is 6.16. The third-order valence-corrected chi connectivity index (χ3v) is 3.09. The molecule has 0 aliphatic rings. The summed E-state index contributed by atoms with van der Waals surface area (Å²) in [5.41, 5.74) is 3.92. The number of thiazole rings is 1. The predicted octanol–water partition coefficient (Wildman–Crippen LogP) is 2.45. The third-order valence-electron chi connectivity index (χ3n) is 2.45. The topological polar surface area (TPSA) is 43.6 Å². The molecule has 0 saturated carbocycles. The van der Waals surface area contributed by atoms with Crippen LogP contribution >= 0.6 is 11.3 Å². The third kappa shape index (κ3) is 2.09. The van der Waals surface area contributed by atoms with Gasteiger partial charge in [0.05, 0.1) is 17.7 Å². The van der Waals surface area contributed by atoms with Crippen LogP contribution in [-0.2, 0) is 6.54 Å². The molecule has 0 N–H and O–H groups in total. The molecule has 3 heterocycles. The first kappa shape index (κ1) is 10.2. The second kappa shape index (κ2) is 4.47. The molecule has 0 aliphatic heterocycles. The van der Waals surface area contributed by atoms with Crippen molar-refractivity contribution in [1.82, 2.24) is 19.5 Å². The normalized spacial score (nSPS) is 10.6. The lowest BCUT2D eigenvalue weighted by Gasteiger charge is -2.05. The van der Waals surface area contributed by atoms with Crippen molar-refractivity contribution in [2.24, 2.45) is 0 Å². The highest BCUT2D eigenvalue weighted by atomic mass is 32.1. The van der Waals surface area contributed by atoms with Gasteiger partial charge in [-0.05, 0) is 12.1 Å². The highest BCUT2D eigenvalue weighted by molar-refractivity contribution is 7.07. The number of hydrogen-bond donors (Lipinski definition) is 0. The van der Waals surface area contributed by atoms with Crippen molar-refractivity contribution >= 4 is 11.3 Å². The largest absolute Gasteiger partial charge is 0.325 e. The zero-order chi connectivity index (χ0) is 11.5. The predicted molar refractivity (Wildman–Crippen MR) is 66.7 cm³/mol. The molecule has 3 aromatic heterocycles. The van der Waals surface area contributed by atoms with Crippen molar-refractivity contribution in [2.45, 2.75) is 6.54 Å². The highest BCUT2D eigenvalue weighted by Crippen LogP contribution is 2.17. The van der Waals surface area contributed by atoms with E-state index in [4.69, 9.17) is 0 Å². The van der Waals surface area contributed by atoms with Gasteiger partial charge >= 0.3 is 0 Å². The lowest BCUT2D eigenvalue weighted by Crippen LogP contribution is -2.01. The highest BCUT2D eigenvalue weighted by Gasteiger charge is 2.06. The van der Waals surface area contributed by atoms with E-state index in [2.05, 4.69) is 19.5 Å². The van der Waals surface area contributed by atoms with Crippen molar-refractivity contribution in [3.63, 3.8) is 0 Å². The Bertz CT molecular complexity index is 586. The van der Waals surface area contributed by atoms with Crippen LogP contribution in [-0.4, -0.2) is 19.5 Å². The van der Waals surface area contributed by atoms with E-state index in [1.165, 1.54) is 0 Å². The summed E-state index contributed by atoms with van der Waals surface area (Å²) in [6.45, 7) is 0.744. The van der Waals surface area contributed by atoms with Gasteiger partial charge in [0, 0.05) is 35.7 Å². The van der Waals surface area contributed by atoms with Crippen LogP contribution in [0.5, 0.6) is 0 Å². The maximum absolute atomic E-state index is 4.37. The Labute approximate surface area is 103 Å². The van der Waals surface area contributed by atoms with Crippen LogP contribution in [0.25, 0.3) is 11.4 Å². The molecular formula is C12H10N4S. The van der Waals surface area contributed by atoms with Gasteiger partial charge in [0.25, 0.3) is 0 Å². The summed E-state index contributed by atoms with van der Waals surface area (Å²) in [6.07, 6.45) is 7.34. The summed E-state index contributed by atoms with van der Waals surface area (Å²) in [6, 6.07) is 3.92. The number of pyridine rings is 1. The summed E-state index contributed by atoms with van der Waals surface area (Å²) < 4.78 is 2.08. The maximum atomic E-state index is 4.37. The standard InChI is InChI=1S/C12H10N4S/c1-2-10(6-13-3-1)12-14-4-5-16(12)7-11-8-17-9-15-11/h1-6,8-9H,7H2. The summed E-state index contributed by atoms with van der Waals surface area (Å²) in [5, 5.41) is 2.05. The molecule has 0 aromatic carbocycles. The van der Waals surface area contributed by atoms with Crippen molar-refractivity contribution in [3.8, 4) is 11.4 Å². The summed E-state index contributed by atoms with van der Waals surface area (Å²) >= 11 is 1.61. The van der Waals surface area contributed by atoms with Crippen LogP contribution < -0.4 is 0 Å². The minimum Gasteiger partial charge on any atom is -0.325 e. The van der Waals surface area contributed by atoms with Crippen LogP contribution in [0.4, 0.5) is 0 Å². The molecular weight excluding hydrogens is 232 g/mol. The Morgan fingerprint density at radius 2 is 2.24 bits per heavy atom. The average molecular weight is 242 g/mol. The monoisotopic (exact) mass is 242 g/mol. The zero-order valence-electron chi connectivity index (χ0n) is 9.02. The first-order valence-electron chi connectivity index (χ1n) is 5.22. The van der Waals surface area contributed by atoms with Gasteiger partial charge in [-0.3, -0.25) is 4.98 Å². The molecule has 3 rings (SSSR count). The Hall–Kier alpha value is -2.01. The van der Waals surface area contributed by atoms with Crippen LogP contribution in [0, 0.1) is 0 Å². The lowest BCUT2D eigenvalue weighted by atomic mass is 10.2. The second-order valence-corrected chi connectivity index (χ2v) is 4.32. The van der Waals surface area contributed by atoms with Gasteiger partial charge in [0.1, 0.15) is 5.82 Å². The molecule has 17 heavy (non-hydrogen) atoms. The smallest absolute Gasteiger partial charge is 0.141 e. The van der Waals surface area contributed by atoms with E-state index in [1.54, 1.807) is 23.7 Å². The van der Waals surface area contributed by atoms with E-state index in [0.717, 1.165) is 23.6 Å². The van der Waals surface area contributed by atoms with Crippen LogP contribution in [0.15, 0.2) is 47.8 Å². The van der Waals surface area contributed by atoms with Crippen molar-refractivity contribution < 1.29 is 0 Å². The quantitative estimate of drug-likeness (QED) is 0.708. The minimum atomic E-state index is 0.744. The van der Waals surface area contributed by atoms with Crippen LogP contribution in [0.1, 0.15) is 5.69 Å². The zero-order valence-corrected chi connectivity index (χ0v) is 9.84. The molecule has 3 aromatic rings. The maximum Gasteiger partial charge on any atom is 0.141 e. The Balaban J connectivity index is 1.95. The molecule has 4 nitrogen and oxygen atoms in total. The second-order valence-electron chi connectivity index (χ2n) is 3.60. The summed E-state index contributed by atoms with van der Waals surface area (Å²) in [4.78, 5) is 12.8. The SMILES string of the molecule is c1cncc(-c2nccn2Cc2cscn2)c1. The lowest BCUT2D eigenvalue weighted by molar-refractivity contribution is 0.787. The molecule has 84 valence electrons. The summed E-state index contributed by atoms with van der Waals surface area (Å²) in [5.74, 6) is 0.922. The van der Waals surface area contributed by atoms with Crippen LogP contribution in [0.3, 0.4) is 0 Å². The first-order chi connectivity index (χ1) is 8.43. The summed E-state index contributed by atoms with van der Waals surface area (Å²) in [7, 11) is 0. The van der Waals surface area contributed by atoms with Crippen LogP contribution in [0.2, 0.25) is 0 Å². The minimum absolute atomic E-state index is 0.744. The molecule has 0 aliphatic carbocycles. The van der Waals surface area contributed by atoms with Crippen molar-refractivity contribution in [2.75, 3.05) is 0 Å². The Morgan fingerprint density at radius 3 is 3.00 bits per heavy atom. The molecule has 0 spiro atoms. The molecule has 0 bridgehead atoms.